The maximum atomic E-state index is 15.7. The van der Waals surface area contributed by atoms with Crippen LogP contribution in [0.25, 0.3) is 11.9 Å². The van der Waals surface area contributed by atoms with Crippen LogP contribution in [0.1, 0.15) is 62.1 Å². The molecule has 1 aromatic heterocycles. The fraction of sp³-hybridized carbons (Fsp3) is 0.485. The third-order valence-corrected chi connectivity index (χ3v) is 11.1. The molecule has 2 heterocycles. The Morgan fingerprint density at radius 2 is 1.98 bits per heavy atom. The van der Waals surface area contributed by atoms with E-state index in [4.69, 9.17) is 19.7 Å². The minimum absolute atomic E-state index is 0.0414. The summed E-state index contributed by atoms with van der Waals surface area (Å²) in [5.41, 5.74) is -1.13. The second-order valence-electron chi connectivity index (χ2n) is 14.1. The van der Waals surface area contributed by atoms with Gasteiger partial charge in [-0.15, -0.1) is 0 Å². The molecule has 9 nitrogen and oxygen atoms in total. The number of carboxylic acids is 1. The van der Waals surface area contributed by atoms with Gasteiger partial charge in [0.25, 0.3) is 0 Å². The Hall–Kier alpha value is -3.60. The molecule has 246 valence electrons. The molecule has 1 aliphatic carbocycles. The van der Waals surface area contributed by atoms with Crippen LogP contribution in [0, 0.1) is 30.0 Å². The Balaban J connectivity index is 1.77. The average molecular weight is 671 g/mol. The van der Waals surface area contributed by atoms with E-state index in [1.807, 2.05) is 6.07 Å². The van der Waals surface area contributed by atoms with Gasteiger partial charge >= 0.3 is 12.1 Å². The number of amides is 1. The summed E-state index contributed by atoms with van der Waals surface area (Å²) in [5, 5.41) is 19.5. The average Bonchev–Trinajstić information content (AvgIpc) is 3.69. The van der Waals surface area contributed by atoms with E-state index >= 15 is 8.78 Å². The van der Waals surface area contributed by atoms with Crippen molar-refractivity contribution < 1.29 is 33.0 Å². The van der Waals surface area contributed by atoms with E-state index < -0.39 is 53.6 Å². The number of nitrogens with zero attached hydrogens (tertiary/aromatic N) is 4. The SMILES string of the molecule is Cc1cc(C#N)cnc1/C(F)=C/c1ccc(F)c([C@@]2(C)N=C(N(COCC[Si](C)(C)C)C(=O)OC(C)(C)C)S[C@@]3(C(=O)O)C[C@H]32)c1. The van der Waals surface area contributed by atoms with E-state index in [2.05, 4.69) is 24.6 Å². The van der Waals surface area contributed by atoms with Gasteiger partial charge < -0.3 is 14.6 Å². The standard InChI is InChI=1S/C33H40F2N4O5SSi/c1-20-13-22(17-36)18-37-27(20)25(35)15-21-9-10-24(34)23(14-21)32(5)26-16-33(26,28(40)41)45-29(38-32)39(30(42)44-31(2,3)4)19-43-11-12-46(6,7)8/h9-10,13-15,18,26H,11-12,16,19H2,1-8H3,(H,40,41)/b25-15-/t26-,32+,33-/m0/s1. The number of pyridine rings is 1. The van der Waals surface area contributed by atoms with Crippen LogP contribution in [0.15, 0.2) is 35.5 Å². The van der Waals surface area contributed by atoms with Gasteiger partial charge in [0.2, 0.25) is 0 Å². The number of carbonyl (C=O) groups excluding carboxylic acids is 1. The number of hydrogen-bond donors (Lipinski definition) is 1. The molecule has 46 heavy (non-hydrogen) atoms. The molecular formula is C33H40F2N4O5SSi. The van der Waals surface area contributed by atoms with Crippen LogP contribution in [0.3, 0.4) is 0 Å². The second kappa shape index (κ2) is 12.9. The molecule has 1 N–H and O–H groups in total. The number of carboxylic acid groups (broad SMARTS) is 1. The number of halogens is 2. The highest BCUT2D eigenvalue weighted by atomic mass is 32.2. The number of aliphatic imine (C=N–C) groups is 1. The molecule has 4 rings (SSSR count). The first-order valence-corrected chi connectivity index (χ1v) is 19.5. The lowest BCUT2D eigenvalue weighted by molar-refractivity contribution is -0.137. The molecule has 2 aromatic rings. The zero-order valence-corrected chi connectivity index (χ0v) is 29.2. The number of hydrogen-bond acceptors (Lipinski definition) is 8. The Morgan fingerprint density at radius 3 is 2.57 bits per heavy atom. The molecule has 2 aliphatic rings. The molecule has 0 bridgehead atoms. The van der Waals surface area contributed by atoms with E-state index in [1.165, 1.54) is 41.4 Å². The van der Waals surface area contributed by atoms with E-state index in [9.17, 15) is 14.7 Å². The van der Waals surface area contributed by atoms with Crippen molar-refractivity contribution >= 4 is 49.0 Å². The topological polar surface area (TPSA) is 125 Å². The van der Waals surface area contributed by atoms with Crippen LogP contribution in [0.2, 0.25) is 25.7 Å². The number of ether oxygens (including phenoxy) is 2. The van der Waals surface area contributed by atoms with Crippen LogP contribution in [-0.4, -0.2) is 64.0 Å². The first-order chi connectivity index (χ1) is 21.3. The summed E-state index contributed by atoms with van der Waals surface area (Å²) in [6.07, 6.45) is 1.88. The number of carbonyl (C=O) groups is 2. The first-order valence-electron chi connectivity index (χ1n) is 14.9. The van der Waals surface area contributed by atoms with Crippen LogP contribution in [-0.2, 0) is 19.8 Å². The molecule has 0 radical (unpaired) electrons. The molecule has 13 heteroatoms. The van der Waals surface area contributed by atoms with Crippen LogP contribution in [0.5, 0.6) is 0 Å². The van der Waals surface area contributed by atoms with Crippen molar-refractivity contribution in [3.63, 3.8) is 0 Å². The Morgan fingerprint density at radius 1 is 1.28 bits per heavy atom. The van der Waals surface area contributed by atoms with Gasteiger partial charge in [-0.1, -0.05) is 37.5 Å². The zero-order chi connectivity index (χ0) is 34.2. The summed E-state index contributed by atoms with van der Waals surface area (Å²) in [7, 11) is -1.45. The molecule has 1 aliphatic heterocycles. The number of thioether (sulfide) groups is 1. The number of fused-ring (bicyclic) bond motifs is 1. The highest BCUT2D eigenvalue weighted by molar-refractivity contribution is 8.15. The smallest absolute Gasteiger partial charge is 0.418 e. The van der Waals surface area contributed by atoms with Crippen molar-refractivity contribution in [1.29, 1.82) is 5.26 Å². The first kappa shape index (κ1) is 35.3. The lowest BCUT2D eigenvalue weighted by atomic mass is 9.84. The minimum Gasteiger partial charge on any atom is -0.480 e. The molecule has 1 saturated carbocycles. The third-order valence-electron chi connectivity index (χ3n) is 7.88. The van der Waals surface area contributed by atoms with Crippen molar-refractivity contribution in [3.05, 3.63) is 64.2 Å². The molecule has 1 fully saturated rings. The monoisotopic (exact) mass is 670 g/mol. The zero-order valence-electron chi connectivity index (χ0n) is 27.4. The van der Waals surface area contributed by atoms with Crippen molar-refractivity contribution in [1.82, 2.24) is 9.88 Å². The fourth-order valence-corrected chi connectivity index (χ4v) is 7.54. The highest BCUT2D eigenvalue weighted by Crippen LogP contribution is 2.66. The van der Waals surface area contributed by atoms with Crippen molar-refractivity contribution in [2.75, 3.05) is 13.3 Å². The number of nitriles is 1. The Bertz CT molecular complexity index is 1650. The maximum absolute atomic E-state index is 15.7. The van der Waals surface area contributed by atoms with Gasteiger partial charge in [0.05, 0.1) is 11.1 Å². The number of benzene rings is 1. The van der Waals surface area contributed by atoms with Gasteiger partial charge in [-0.05, 0) is 82.5 Å². The summed E-state index contributed by atoms with van der Waals surface area (Å²) >= 11 is 0.940. The van der Waals surface area contributed by atoms with Crippen molar-refractivity contribution in [2.24, 2.45) is 10.9 Å². The lowest BCUT2D eigenvalue weighted by Gasteiger charge is -2.37. The van der Waals surface area contributed by atoms with Crippen LogP contribution >= 0.6 is 11.8 Å². The van der Waals surface area contributed by atoms with Gasteiger partial charge in [-0.3, -0.25) is 14.8 Å². The molecule has 0 unspecified atom stereocenters. The van der Waals surface area contributed by atoms with Gasteiger partial charge in [-0.2, -0.15) is 5.26 Å². The van der Waals surface area contributed by atoms with Crippen molar-refractivity contribution in [3.8, 4) is 6.07 Å². The number of amidine groups is 1. The lowest BCUT2D eigenvalue weighted by Crippen LogP contribution is -2.47. The summed E-state index contributed by atoms with van der Waals surface area (Å²) in [5.74, 6) is -3.05. The van der Waals surface area contributed by atoms with E-state index in [1.54, 1.807) is 34.6 Å². The molecule has 3 atom stereocenters. The summed E-state index contributed by atoms with van der Waals surface area (Å²) in [4.78, 5) is 36.3. The van der Waals surface area contributed by atoms with E-state index in [-0.39, 0.29) is 29.6 Å². The van der Waals surface area contributed by atoms with Crippen molar-refractivity contribution in [2.45, 2.75) is 82.6 Å². The number of aliphatic carboxylic acids is 1. The van der Waals surface area contributed by atoms with Crippen LogP contribution in [0.4, 0.5) is 13.6 Å². The fourth-order valence-electron chi connectivity index (χ4n) is 5.27. The highest BCUT2D eigenvalue weighted by Gasteiger charge is 2.72. The largest absolute Gasteiger partial charge is 0.480 e. The molecule has 0 saturated heterocycles. The maximum Gasteiger partial charge on any atom is 0.418 e. The van der Waals surface area contributed by atoms with Gasteiger partial charge in [-0.25, -0.2) is 18.5 Å². The van der Waals surface area contributed by atoms with Gasteiger partial charge in [0.15, 0.2) is 5.17 Å². The van der Waals surface area contributed by atoms with Gasteiger partial charge in [0.1, 0.15) is 40.5 Å². The number of aryl methyl sites for hydroxylation is 1. The molecule has 1 aromatic carbocycles. The molecular weight excluding hydrogens is 631 g/mol. The molecule has 1 amide bonds. The predicted molar refractivity (Wildman–Crippen MR) is 177 cm³/mol. The van der Waals surface area contributed by atoms with E-state index in [0.29, 0.717) is 23.3 Å². The van der Waals surface area contributed by atoms with E-state index in [0.717, 1.165) is 17.8 Å². The predicted octanol–water partition coefficient (Wildman–Crippen LogP) is 7.58. The molecule has 0 spiro atoms. The number of rotatable bonds is 9. The summed E-state index contributed by atoms with van der Waals surface area (Å²) < 4.78 is 41.3. The Labute approximate surface area is 273 Å². The normalized spacial score (nSPS) is 22.8. The number of aromatic nitrogens is 1. The summed E-state index contributed by atoms with van der Waals surface area (Å²) in [6.45, 7) is 15.2. The minimum atomic E-state index is -1.45. The van der Waals surface area contributed by atoms with Gasteiger partial charge in [0, 0.05) is 32.4 Å². The Kier molecular flexibility index (Phi) is 9.88. The second-order valence-corrected chi connectivity index (χ2v) is 21.0. The quantitative estimate of drug-likeness (QED) is 0.165. The summed E-state index contributed by atoms with van der Waals surface area (Å²) in [6, 6.07) is 8.36. The third kappa shape index (κ3) is 7.67. The van der Waals surface area contributed by atoms with Crippen LogP contribution < -0.4 is 0 Å².